The lowest BCUT2D eigenvalue weighted by Gasteiger charge is -2.06. The Morgan fingerprint density at radius 1 is 1.35 bits per heavy atom. The second kappa shape index (κ2) is 9.66. The molecule has 1 N–H and O–H groups in total. The molecule has 0 aliphatic rings. The van der Waals surface area contributed by atoms with Crippen LogP contribution in [-0.4, -0.2) is 38.4 Å². The van der Waals surface area contributed by atoms with Crippen LogP contribution < -0.4 is 5.32 Å². The molecule has 0 aromatic heterocycles. The van der Waals surface area contributed by atoms with Gasteiger partial charge in [-0.2, -0.15) is 0 Å². The molecule has 0 saturated heterocycles. The van der Waals surface area contributed by atoms with E-state index in [4.69, 9.17) is 21.1 Å². The Kier molecular flexibility index (Phi) is 8.13. The number of nitrogens with one attached hydrogen (secondary N) is 1. The van der Waals surface area contributed by atoms with Crippen molar-refractivity contribution in [1.82, 2.24) is 5.32 Å². The number of ether oxygens (including phenoxy) is 2. The standard InChI is InChI=1S/C13H19ClN2O4/c1-19-7-8-20-6-2-5-15-10-11-3-4-12(14)13(9-11)16(17)18/h3-4,9,15H,2,5-8,10H2,1H3. The first-order chi connectivity index (χ1) is 9.65. The van der Waals surface area contributed by atoms with Gasteiger partial charge in [0.15, 0.2) is 0 Å². The number of halogens is 1. The highest BCUT2D eigenvalue weighted by molar-refractivity contribution is 6.32. The topological polar surface area (TPSA) is 73.6 Å². The maximum Gasteiger partial charge on any atom is 0.288 e. The summed E-state index contributed by atoms with van der Waals surface area (Å²) in [7, 11) is 1.64. The highest BCUT2D eigenvalue weighted by atomic mass is 35.5. The number of methoxy groups -OCH3 is 1. The first-order valence-electron chi connectivity index (χ1n) is 6.35. The van der Waals surface area contributed by atoms with Crippen molar-refractivity contribution < 1.29 is 14.4 Å². The predicted molar refractivity (Wildman–Crippen MR) is 77.1 cm³/mol. The van der Waals surface area contributed by atoms with Crippen molar-refractivity contribution in [2.75, 3.05) is 33.5 Å². The summed E-state index contributed by atoms with van der Waals surface area (Å²) in [4.78, 5) is 10.3. The minimum absolute atomic E-state index is 0.0612. The SMILES string of the molecule is COCCOCCCNCc1ccc(Cl)c([N+](=O)[O-])c1. The molecular weight excluding hydrogens is 284 g/mol. The van der Waals surface area contributed by atoms with Gasteiger partial charge >= 0.3 is 0 Å². The molecule has 1 aromatic rings. The Labute approximate surface area is 123 Å². The zero-order chi connectivity index (χ0) is 14.8. The summed E-state index contributed by atoms with van der Waals surface area (Å²) in [6.45, 7) is 3.21. The lowest BCUT2D eigenvalue weighted by Crippen LogP contribution is -2.17. The summed E-state index contributed by atoms with van der Waals surface area (Å²) in [5.74, 6) is 0. The normalized spacial score (nSPS) is 10.7. The highest BCUT2D eigenvalue weighted by Gasteiger charge is 2.12. The van der Waals surface area contributed by atoms with Crippen LogP contribution in [0, 0.1) is 10.1 Å². The summed E-state index contributed by atoms with van der Waals surface area (Å²) < 4.78 is 10.2. The molecule has 1 aromatic carbocycles. The third kappa shape index (κ3) is 6.29. The van der Waals surface area contributed by atoms with Gasteiger partial charge in [-0.1, -0.05) is 17.7 Å². The highest BCUT2D eigenvalue weighted by Crippen LogP contribution is 2.24. The van der Waals surface area contributed by atoms with E-state index < -0.39 is 4.92 Å². The van der Waals surface area contributed by atoms with Crippen molar-refractivity contribution in [3.05, 3.63) is 38.9 Å². The molecule has 0 unspecified atom stereocenters. The van der Waals surface area contributed by atoms with E-state index in [1.165, 1.54) is 6.07 Å². The monoisotopic (exact) mass is 302 g/mol. The molecule has 7 heteroatoms. The van der Waals surface area contributed by atoms with Crippen molar-refractivity contribution in [1.29, 1.82) is 0 Å². The summed E-state index contributed by atoms with van der Waals surface area (Å²) in [6.07, 6.45) is 0.874. The van der Waals surface area contributed by atoms with E-state index in [0.29, 0.717) is 26.4 Å². The van der Waals surface area contributed by atoms with Gasteiger partial charge in [-0.25, -0.2) is 0 Å². The number of nitro benzene ring substituents is 1. The van der Waals surface area contributed by atoms with Crippen LogP contribution in [0.5, 0.6) is 0 Å². The van der Waals surface area contributed by atoms with E-state index in [1.54, 1.807) is 19.2 Å². The number of nitrogens with zero attached hydrogens (tertiary/aromatic N) is 1. The molecule has 20 heavy (non-hydrogen) atoms. The molecule has 1 rings (SSSR count). The fraction of sp³-hybridized carbons (Fsp3) is 0.538. The summed E-state index contributed by atoms with van der Waals surface area (Å²) in [5.41, 5.74) is 0.773. The summed E-state index contributed by atoms with van der Waals surface area (Å²) >= 11 is 5.75. The van der Waals surface area contributed by atoms with E-state index in [0.717, 1.165) is 18.5 Å². The minimum atomic E-state index is -0.477. The quantitative estimate of drug-likeness (QED) is 0.408. The van der Waals surface area contributed by atoms with Crippen molar-refractivity contribution in [3.63, 3.8) is 0 Å². The van der Waals surface area contributed by atoms with Crippen LogP contribution in [0.15, 0.2) is 18.2 Å². The molecule has 6 nitrogen and oxygen atoms in total. The van der Waals surface area contributed by atoms with Crippen molar-refractivity contribution in [2.45, 2.75) is 13.0 Å². The lowest BCUT2D eigenvalue weighted by molar-refractivity contribution is -0.384. The maximum absolute atomic E-state index is 10.7. The fourth-order valence-electron chi connectivity index (χ4n) is 1.58. The molecule has 0 aliphatic carbocycles. The van der Waals surface area contributed by atoms with Crippen LogP contribution >= 0.6 is 11.6 Å². The summed E-state index contributed by atoms with van der Waals surface area (Å²) in [6, 6.07) is 4.81. The van der Waals surface area contributed by atoms with Gasteiger partial charge < -0.3 is 14.8 Å². The number of rotatable bonds is 10. The third-order valence-electron chi connectivity index (χ3n) is 2.61. The van der Waals surface area contributed by atoms with Gasteiger partial charge in [0.25, 0.3) is 5.69 Å². The molecule has 112 valence electrons. The Bertz CT molecular complexity index is 429. The van der Waals surface area contributed by atoms with E-state index >= 15 is 0 Å². The predicted octanol–water partition coefficient (Wildman–Crippen LogP) is 2.39. The fourth-order valence-corrected chi connectivity index (χ4v) is 1.77. The van der Waals surface area contributed by atoms with Gasteiger partial charge in [0, 0.05) is 26.3 Å². The Hall–Kier alpha value is -1.21. The molecular formula is C13H19ClN2O4. The van der Waals surface area contributed by atoms with Crippen molar-refractivity contribution in [2.24, 2.45) is 0 Å². The van der Waals surface area contributed by atoms with Crippen LogP contribution in [-0.2, 0) is 16.0 Å². The Morgan fingerprint density at radius 2 is 2.15 bits per heavy atom. The average Bonchev–Trinajstić information content (AvgIpc) is 2.43. The van der Waals surface area contributed by atoms with Gasteiger partial charge in [0.2, 0.25) is 0 Å². The Balaban J connectivity index is 2.22. The average molecular weight is 303 g/mol. The maximum atomic E-state index is 10.7. The molecule has 0 spiro atoms. The molecule has 0 heterocycles. The first-order valence-corrected chi connectivity index (χ1v) is 6.73. The second-order valence-electron chi connectivity index (χ2n) is 4.18. The van der Waals surface area contributed by atoms with Crippen LogP contribution in [0.25, 0.3) is 0 Å². The van der Waals surface area contributed by atoms with E-state index in [-0.39, 0.29) is 10.7 Å². The second-order valence-corrected chi connectivity index (χ2v) is 4.59. The molecule has 0 aliphatic heterocycles. The van der Waals surface area contributed by atoms with E-state index in [2.05, 4.69) is 5.32 Å². The third-order valence-corrected chi connectivity index (χ3v) is 2.93. The van der Waals surface area contributed by atoms with Crippen molar-refractivity contribution >= 4 is 17.3 Å². The van der Waals surface area contributed by atoms with Gasteiger partial charge in [-0.05, 0) is 24.6 Å². The summed E-state index contributed by atoms with van der Waals surface area (Å²) in [5, 5.41) is 14.1. The largest absolute Gasteiger partial charge is 0.382 e. The lowest BCUT2D eigenvalue weighted by atomic mass is 10.2. The molecule has 0 radical (unpaired) electrons. The van der Waals surface area contributed by atoms with Crippen LogP contribution in [0.3, 0.4) is 0 Å². The first kappa shape index (κ1) is 16.8. The van der Waals surface area contributed by atoms with Gasteiger partial charge in [0.1, 0.15) is 5.02 Å². The molecule has 0 fully saturated rings. The number of benzene rings is 1. The zero-order valence-electron chi connectivity index (χ0n) is 11.4. The van der Waals surface area contributed by atoms with E-state index in [1.807, 2.05) is 0 Å². The molecule has 0 saturated carbocycles. The number of nitro groups is 1. The smallest absolute Gasteiger partial charge is 0.288 e. The number of hydrogen-bond acceptors (Lipinski definition) is 5. The van der Waals surface area contributed by atoms with Gasteiger partial charge in [-0.15, -0.1) is 0 Å². The van der Waals surface area contributed by atoms with Crippen LogP contribution in [0.2, 0.25) is 5.02 Å². The molecule has 0 bridgehead atoms. The van der Waals surface area contributed by atoms with E-state index in [9.17, 15) is 10.1 Å². The number of hydrogen-bond donors (Lipinski definition) is 1. The van der Waals surface area contributed by atoms with Gasteiger partial charge in [-0.3, -0.25) is 10.1 Å². The van der Waals surface area contributed by atoms with Crippen LogP contribution in [0.1, 0.15) is 12.0 Å². The Morgan fingerprint density at radius 3 is 2.85 bits per heavy atom. The van der Waals surface area contributed by atoms with Gasteiger partial charge in [0.05, 0.1) is 18.1 Å². The van der Waals surface area contributed by atoms with Crippen LogP contribution in [0.4, 0.5) is 5.69 Å². The molecule has 0 atom stereocenters. The van der Waals surface area contributed by atoms with Crippen molar-refractivity contribution in [3.8, 4) is 0 Å². The minimum Gasteiger partial charge on any atom is -0.382 e. The molecule has 0 amide bonds. The zero-order valence-corrected chi connectivity index (χ0v) is 12.2.